The van der Waals surface area contributed by atoms with Crippen LogP contribution >= 0.6 is 0 Å². The summed E-state index contributed by atoms with van der Waals surface area (Å²) in [5, 5.41) is 0. The van der Waals surface area contributed by atoms with Crippen molar-refractivity contribution in [1.82, 2.24) is 24.9 Å². The van der Waals surface area contributed by atoms with Crippen LogP contribution in [0.3, 0.4) is 0 Å². The van der Waals surface area contributed by atoms with Crippen LogP contribution in [0.5, 0.6) is 5.88 Å². The van der Waals surface area contributed by atoms with E-state index < -0.39 is 60.1 Å². The van der Waals surface area contributed by atoms with E-state index in [-0.39, 0.29) is 22.9 Å². The van der Waals surface area contributed by atoms with Crippen molar-refractivity contribution in [3.05, 3.63) is 62.6 Å². The maximum atomic E-state index is 14.6. The predicted molar refractivity (Wildman–Crippen MR) is 104 cm³/mol. The Kier molecular flexibility index (Phi) is 5.59. The lowest BCUT2D eigenvalue weighted by Crippen LogP contribution is -2.36. The molecule has 14 heteroatoms. The molecule has 174 valence electrons. The second kappa shape index (κ2) is 8.26. The Balaban J connectivity index is 1.62. The van der Waals surface area contributed by atoms with E-state index in [2.05, 4.69) is 19.9 Å². The zero-order valence-electron chi connectivity index (χ0n) is 16.8. The molecular formula is C19H15F5N6O3. The summed E-state index contributed by atoms with van der Waals surface area (Å²) >= 11 is 0. The minimum Gasteiger partial charge on any atom is -0.466 e. The SMILES string of the molecule is Cc1nc(-c2c[nH]c(=O)[nH]c2=O)cc(N2CC(Oc3cc(C(F)F)c(F)cn3)C(F)(F)C2)n1. The minimum absolute atomic E-state index is 0.00449. The van der Waals surface area contributed by atoms with Gasteiger partial charge in [0.05, 0.1) is 36.1 Å². The second-order valence-corrected chi connectivity index (χ2v) is 7.24. The molecule has 9 nitrogen and oxygen atoms in total. The van der Waals surface area contributed by atoms with Crippen LogP contribution in [0.25, 0.3) is 11.3 Å². The summed E-state index contributed by atoms with van der Waals surface area (Å²) in [4.78, 5) is 40.5. The molecule has 3 aromatic heterocycles. The molecule has 4 heterocycles. The van der Waals surface area contributed by atoms with Crippen LogP contribution in [0.1, 0.15) is 17.8 Å². The zero-order valence-corrected chi connectivity index (χ0v) is 16.8. The molecule has 0 spiro atoms. The van der Waals surface area contributed by atoms with Gasteiger partial charge in [-0.25, -0.2) is 41.7 Å². The molecule has 1 aliphatic rings. The summed E-state index contributed by atoms with van der Waals surface area (Å²) in [5.74, 6) is -5.07. The highest BCUT2D eigenvalue weighted by atomic mass is 19.3. The number of anilines is 1. The Morgan fingerprint density at radius 3 is 2.70 bits per heavy atom. The van der Waals surface area contributed by atoms with Gasteiger partial charge >= 0.3 is 11.6 Å². The number of halogens is 5. The molecule has 1 aliphatic heterocycles. The van der Waals surface area contributed by atoms with Gasteiger partial charge in [0.25, 0.3) is 12.0 Å². The Labute approximate surface area is 181 Å². The summed E-state index contributed by atoms with van der Waals surface area (Å²) in [6, 6.07) is 1.87. The number of nitrogens with one attached hydrogen (secondary N) is 2. The molecule has 4 rings (SSSR count). The monoisotopic (exact) mass is 470 g/mol. The molecule has 1 fully saturated rings. The van der Waals surface area contributed by atoms with E-state index in [0.717, 1.165) is 6.20 Å². The van der Waals surface area contributed by atoms with Crippen molar-refractivity contribution in [1.29, 1.82) is 0 Å². The summed E-state index contributed by atoms with van der Waals surface area (Å²) in [6.07, 6.45) is -3.35. The van der Waals surface area contributed by atoms with Gasteiger partial charge < -0.3 is 14.6 Å². The third-order valence-electron chi connectivity index (χ3n) is 4.86. The van der Waals surface area contributed by atoms with Gasteiger partial charge in [0.2, 0.25) is 5.88 Å². The summed E-state index contributed by atoms with van der Waals surface area (Å²) < 4.78 is 73.6. The maximum absolute atomic E-state index is 14.6. The number of nitrogens with zero attached hydrogens (tertiary/aromatic N) is 4. The topological polar surface area (TPSA) is 117 Å². The average Bonchev–Trinajstić information content (AvgIpc) is 3.03. The highest BCUT2D eigenvalue weighted by molar-refractivity contribution is 5.61. The summed E-state index contributed by atoms with van der Waals surface area (Å²) in [5.41, 5.74) is -2.38. The molecule has 0 saturated carbocycles. The number of ether oxygens (including phenoxy) is 1. The van der Waals surface area contributed by atoms with E-state index in [1.54, 1.807) is 0 Å². The summed E-state index contributed by atoms with van der Waals surface area (Å²) in [7, 11) is 0. The first kappa shape index (κ1) is 22.4. The van der Waals surface area contributed by atoms with E-state index in [9.17, 15) is 31.5 Å². The number of aryl methyl sites for hydroxylation is 1. The molecule has 0 radical (unpaired) electrons. The number of aromatic nitrogens is 5. The average molecular weight is 470 g/mol. The highest BCUT2D eigenvalue weighted by Gasteiger charge is 2.51. The van der Waals surface area contributed by atoms with Crippen molar-refractivity contribution in [2.75, 3.05) is 18.0 Å². The van der Waals surface area contributed by atoms with E-state index in [1.807, 2.05) is 4.98 Å². The number of aromatic amines is 2. The van der Waals surface area contributed by atoms with Gasteiger partial charge in [0, 0.05) is 18.3 Å². The largest absolute Gasteiger partial charge is 0.466 e. The summed E-state index contributed by atoms with van der Waals surface area (Å²) in [6.45, 7) is 0.246. The smallest absolute Gasteiger partial charge is 0.325 e. The lowest BCUT2D eigenvalue weighted by atomic mass is 10.2. The molecule has 0 bridgehead atoms. The predicted octanol–water partition coefficient (Wildman–Crippen LogP) is 2.20. The van der Waals surface area contributed by atoms with Crippen molar-refractivity contribution < 1.29 is 26.7 Å². The number of alkyl halides is 4. The van der Waals surface area contributed by atoms with E-state index >= 15 is 0 Å². The van der Waals surface area contributed by atoms with E-state index in [0.29, 0.717) is 12.3 Å². The zero-order chi connectivity index (χ0) is 23.9. The fourth-order valence-electron chi connectivity index (χ4n) is 3.32. The van der Waals surface area contributed by atoms with Gasteiger partial charge in [-0.1, -0.05) is 0 Å². The number of H-pyrrole nitrogens is 2. The van der Waals surface area contributed by atoms with Crippen LogP contribution in [0, 0.1) is 12.7 Å². The molecular weight excluding hydrogens is 455 g/mol. The molecule has 1 atom stereocenters. The molecule has 1 unspecified atom stereocenters. The quantitative estimate of drug-likeness (QED) is 0.549. The second-order valence-electron chi connectivity index (χ2n) is 7.24. The van der Waals surface area contributed by atoms with Crippen molar-refractivity contribution in [3.63, 3.8) is 0 Å². The first-order valence-corrected chi connectivity index (χ1v) is 9.44. The Bertz CT molecular complexity index is 1310. The number of pyridine rings is 1. The third kappa shape index (κ3) is 4.54. The molecule has 0 amide bonds. The molecule has 0 aliphatic carbocycles. The highest BCUT2D eigenvalue weighted by Crippen LogP contribution is 2.34. The Morgan fingerprint density at radius 1 is 1.24 bits per heavy atom. The van der Waals surface area contributed by atoms with Gasteiger partial charge in [-0.15, -0.1) is 0 Å². The van der Waals surface area contributed by atoms with Gasteiger partial charge in [-0.3, -0.25) is 9.78 Å². The van der Waals surface area contributed by atoms with E-state index in [1.165, 1.54) is 17.9 Å². The lowest BCUT2D eigenvalue weighted by molar-refractivity contribution is -0.0610. The molecule has 0 aromatic carbocycles. The van der Waals surface area contributed by atoms with Crippen LogP contribution in [0.4, 0.5) is 27.8 Å². The van der Waals surface area contributed by atoms with Gasteiger partial charge in [0.15, 0.2) is 11.9 Å². The Hall–Kier alpha value is -3.84. The van der Waals surface area contributed by atoms with Crippen LogP contribution in [-0.4, -0.2) is 50.0 Å². The minimum atomic E-state index is -3.43. The maximum Gasteiger partial charge on any atom is 0.325 e. The molecule has 33 heavy (non-hydrogen) atoms. The fourth-order valence-corrected chi connectivity index (χ4v) is 3.32. The van der Waals surface area contributed by atoms with Crippen LogP contribution in [-0.2, 0) is 0 Å². The molecule has 2 N–H and O–H groups in total. The molecule has 1 saturated heterocycles. The first-order valence-electron chi connectivity index (χ1n) is 9.44. The van der Waals surface area contributed by atoms with Gasteiger partial charge in [0.1, 0.15) is 11.6 Å². The van der Waals surface area contributed by atoms with Crippen LogP contribution in [0.2, 0.25) is 0 Å². The first-order chi connectivity index (χ1) is 15.5. The number of hydrogen-bond acceptors (Lipinski definition) is 7. The molecule has 3 aromatic rings. The number of hydrogen-bond donors (Lipinski definition) is 2. The standard InChI is InChI=1S/C19H15F5N6O3/c1-8-27-12(10-4-26-18(32)29-17(10)31)3-14(28-8)30-6-13(19(23,24)7-30)33-15-2-9(16(21)22)11(20)5-25-15/h2-5,13,16H,6-7H2,1H3,(H2,26,29,31,32). The van der Waals surface area contributed by atoms with Crippen molar-refractivity contribution in [2.45, 2.75) is 25.4 Å². The van der Waals surface area contributed by atoms with Crippen LogP contribution < -0.4 is 20.9 Å². The number of rotatable bonds is 5. The fraction of sp³-hybridized carbons (Fsp3) is 0.316. The normalized spacial score (nSPS) is 17.5. The van der Waals surface area contributed by atoms with Crippen LogP contribution in [0.15, 0.2) is 34.1 Å². The Morgan fingerprint density at radius 2 is 2.00 bits per heavy atom. The lowest BCUT2D eigenvalue weighted by Gasteiger charge is -2.18. The van der Waals surface area contributed by atoms with Crippen molar-refractivity contribution >= 4 is 5.82 Å². The van der Waals surface area contributed by atoms with E-state index in [4.69, 9.17) is 4.74 Å². The van der Waals surface area contributed by atoms with Gasteiger partial charge in [-0.05, 0) is 6.92 Å². The third-order valence-corrected chi connectivity index (χ3v) is 4.86. The van der Waals surface area contributed by atoms with Crippen molar-refractivity contribution in [2.24, 2.45) is 0 Å². The van der Waals surface area contributed by atoms with Crippen molar-refractivity contribution in [3.8, 4) is 17.1 Å². The van der Waals surface area contributed by atoms with Gasteiger partial charge in [-0.2, -0.15) is 0 Å².